The van der Waals surface area contributed by atoms with Crippen molar-refractivity contribution < 1.29 is 9.90 Å². The Hall–Kier alpha value is -2.01. The Balaban J connectivity index is 1.88. The van der Waals surface area contributed by atoms with Gasteiger partial charge in [0.1, 0.15) is 0 Å². The second-order valence-electron chi connectivity index (χ2n) is 5.96. The second kappa shape index (κ2) is 5.41. The Kier molecular flexibility index (Phi) is 3.59. The van der Waals surface area contributed by atoms with Gasteiger partial charge in [-0.15, -0.1) is 0 Å². The number of rotatable bonds is 3. The molecule has 1 aromatic carbocycles. The van der Waals surface area contributed by atoms with E-state index in [9.17, 15) is 9.90 Å². The highest BCUT2D eigenvalue weighted by Gasteiger charge is 2.33. The van der Waals surface area contributed by atoms with Crippen LogP contribution >= 0.6 is 0 Å². The number of aromatic amines is 1. The molecule has 21 heavy (non-hydrogen) atoms. The predicted molar refractivity (Wildman–Crippen MR) is 83.1 cm³/mol. The molecule has 1 aliphatic carbocycles. The number of carbonyl (C=O) groups is 1. The van der Waals surface area contributed by atoms with Gasteiger partial charge in [0, 0.05) is 22.8 Å². The number of H-pyrrole nitrogens is 1. The van der Waals surface area contributed by atoms with Gasteiger partial charge in [-0.25, -0.2) is 0 Å². The van der Waals surface area contributed by atoms with Gasteiger partial charge >= 0.3 is 0 Å². The van der Waals surface area contributed by atoms with Crippen LogP contribution in [0.1, 0.15) is 42.5 Å². The average molecular weight is 287 g/mol. The van der Waals surface area contributed by atoms with Crippen molar-refractivity contribution in [3.05, 3.63) is 30.0 Å². The summed E-state index contributed by atoms with van der Waals surface area (Å²) in [5, 5.41) is 13.6. The molecule has 112 valence electrons. The number of nitrogen functional groups attached to an aromatic ring is 1. The molecule has 1 heterocycles. The maximum Gasteiger partial charge on any atom is 0.253 e. The predicted octanol–water partition coefficient (Wildman–Crippen LogP) is 2.18. The molecular formula is C16H21N3O2. The van der Waals surface area contributed by atoms with E-state index in [-0.39, 0.29) is 12.5 Å². The summed E-state index contributed by atoms with van der Waals surface area (Å²) >= 11 is 0. The number of aliphatic hydroxyl groups is 1. The van der Waals surface area contributed by atoms with Crippen LogP contribution in [0.15, 0.2) is 24.4 Å². The third-order valence-electron chi connectivity index (χ3n) is 4.44. The van der Waals surface area contributed by atoms with Crippen LogP contribution in [0.3, 0.4) is 0 Å². The molecule has 0 aliphatic heterocycles. The highest BCUT2D eigenvalue weighted by atomic mass is 16.3. The monoisotopic (exact) mass is 287 g/mol. The van der Waals surface area contributed by atoms with Gasteiger partial charge in [-0.1, -0.05) is 19.3 Å². The first-order valence-corrected chi connectivity index (χ1v) is 7.44. The fourth-order valence-corrected chi connectivity index (χ4v) is 3.19. The number of anilines is 1. The lowest BCUT2D eigenvalue weighted by molar-refractivity contribution is 0.0760. The molecule has 1 saturated carbocycles. The normalized spacial score (nSPS) is 17.8. The molecule has 1 amide bonds. The van der Waals surface area contributed by atoms with Crippen molar-refractivity contribution in [1.82, 2.24) is 10.3 Å². The summed E-state index contributed by atoms with van der Waals surface area (Å²) in [6, 6.07) is 5.47. The largest absolute Gasteiger partial charge is 0.399 e. The Morgan fingerprint density at radius 3 is 2.81 bits per heavy atom. The van der Waals surface area contributed by atoms with Crippen molar-refractivity contribution in [2.45, 2.75) is 37.6 Å². The van der Waals surface area contributed by atoms with E-state index in [1.807, 2.05) is 6.07 Å². The number of carbonyl (C=O) groups excluding carboxylic acids is 1. The van der Waals surface area contributed by atoms with Crippen LogP contribution in [0, 0.1) is 0 Å². The number of aromatic nitrogens is 1. The van der Waals surface area contributed by atoms with Crippen molar-refractivity contribution in [3.63, 3.8) is 0 Å². The van der Waals surface area contributed by atoms with Crippen molar-refractivity contribution in [2.75, 3.05) is 12.3 Å². The average Bonchev–Trinajstić information content (AvgIpc) is 2.91. The van der Waals surface area contributed by atoms with E-state index < -0.39 is 5.54 Å². The topological polar surface area (TPSA) is 91.1 Å². The minimum absolute atomic E-state index is 0.0107. The number of fused-ring (bicyclic) bond motifs is 1. The summed E-state index contributed by atoms with van der Waals surface area (Å²) in [7, 11) is 0. The number of aliphatic hydroxyl groups excluding tert-OH is 1. The van der Waals surface area contributed by atoms with Crippen LogP contribution in [-0.4, -0.2) is 28.1 Å². The van der Waals surface area contributed by atoms with Crippen LogP contribution < -0.4 is 11.1 Å². The first-order chi connectivity index (χ1) is 10.1. The molecule has 0 bridgehead atoms. The molecule has 0 atom stereocenters. The SMILES string of the molecule is Nc1ccc2[nH]cc(C(=O)NC3(CO)CCCCC3)c2c1. The van der Waals surface area contributed by atoms with Crippen molar-refractivity contribution in [1.29, 1.82) is 0 Å². The van der Waals surface area contributed by atoms with Crippen LogP contribution in [0.2, 0.25) is 0 Å². The number of hydrogen-bond acceptors (Lipinski definition) is 3. The third-order valence-corrected chi connectivity index (χ3v) is 4.44. The second-order valence-corrected chi connectivity index (χ2v) is 5.96. The number of benzene rings is 1. The standard InChI is InChI=1S/C16H21N3O2/c17-11-4-5-14-12(8-11)13(9-18-14)15(21)19-16(10-20)6-2-1-3-7-16/h4-5,8-9,18,20H,1-3,6-7,10,17H2,(H,19,21). The Morgan fingerprint density at radius 2 is 2.10 bits per heavy atom. The molecule has 1 aliphatic rings. The molecule has 5 heteroatoms. The van der Waals surface area contributed by atoms with Crippen LogP contribution in [-0.2, 0) is 0 Å². The summed E-state index contributed by atoms with van der Waals surface area (Å²) in [6.45, 7) is -0.0107. The van der Waals surface area contributed by atoms with Gasteiger partial charge in [0.2, 0.25) is 0 Å². The number of hydrogen-bond donors (Lipinski definition) is 4. The zero-order chi connectivity index (χ0) is 14.9. The maximum absolute atomic E-state index is 12.6. The molecule has 2 aromatic rings. The van der Waals surface area contributed by atoms with Crippen molar-refractivity contribution in [3.8, 4) is 0 Å². The van der Waals surface area contributed by atoms with E-state index >= 15 is 0 Å². The zero-order valence-electron chi connectivity index (χ0n) is 12.0. The van der Waals surface area contributed by atoms with E-state index in [4.69, 9.17) is 5.73 Å². The van der Waals surface area contributed by atoms with Gasteiger partial charge in [0.25, 0.3) is 5.91 Å². The van der Waals surface area contributed by atoms with Crippen LogP contribution in [0.4, 0.5) is 5.69 Å². The minimum Gasteiger partial charge on any atom is -0.399 e. The van der Waals surface area contributed by atoms with Crippen molar-refractivity contribution >= 4 is 22.5 Å². The summed E-state index contributed by atoms with van der Waals surface area (Å²) < 4.78 is 0. The molecule has 0 unspecified atom stereocenters. The molecule has 0 radical (unpaired) electrons. The van der Waals surface area contributed by atoms with Crippen LogP contribution in [0.25, 0.3) is 10.9 Å². The van der Waals surface area contributed by atoms with Gasteiger partial charge in [0.05, 0.1) is 17.7 Å². The molecule has 5 N–H and O–H groups in total. The van der Waals surface area contributed by atoms with Gasteiger partial charge < -0.3 is 21.1 Å². The zero-order valence-corrected chi connectivity index (χ0v) is 12.0. The molecule has 5 nitrogen and oxygen atoms in total. The Bertz CT molecular complexity index is 657. The van der Waals surface area contributed by atoms with Gasteiger partial charge in [-0.05, 0) is 31.0 Å². The highest BCUT2D eigenvalue weighted by molar-refractivity contribution is 6.07. The fourth-order valence-electron chi connectivity index (χ4n) is 3.19. The van der Waals surface area contributed by atoms with Crippen LogP contribution in [0.5, 0.6) is 0 Å². The van der Waals surface area contributed by atoms with E-state index in [2.05, 4.69) is 10.3 Å². The lowest BCUT2D eigenvalue weighted by Gasteiger charge is -2.36. The van der Waals surface area contributed by atoms with E-state index in [0.717, 1.165) is 36.6 Å². The molecule has 0 spiro atoms. The van der Waals surface area contributed by atoms with E-state index in [1.54, 1.807) is 18.3 Å². The quantitative estimate of drug-likeness (QED) is 0.652. The number of nitrogens with two attached hydrogens (primary N) is 1. The Labute approximate surface area is 123 Å². The molecule has 0 saturated heterocycles. The molecule has 1 fully saturated rings. The summed E-state index contributed by atoms with van der Waals surface area (Å²) in [4.78, 5) is 15.7. The number of amides is 1. The lowest BCUT2D eigenvalue weighted by atomic mass is 9.82. The van der Waals surface area contributed by atoms with Gasteiger partial charge in [-0.3, -0.25) is 4.79 Å². The highest BCUT2D eigenvalue weighted by Crippen LogP contribution is 2.29. The lowest BCUT2D eigenvalue weighted by Crippen LogP contribution is -2.52. The maximum atomic E-state index is 12.6. The summed E-state index contributed by atoms with van der Waals surface area (Å²) in [6.07, 6.45) is 6.62. The Morgan fingerprint density at radius 1 is 1.33 bits per heavy atom. The molecule has 1 aromatic heterocycles. The fraction of sp³-hybridized carbons (Fsp3) is 0.438. The van der Waals surface area contributed by atoms with E-state index in [1.165, 1.54) is 6.42 Å². The van der Waals surface area contributed by atoms with E-state index in [0.29, 0.717) is 11.3 Å². The molecular weight excluding hydrogens is 266 g/mol. The van der Waals surface area contributed by atoms with Crippen molar-refractivity contribution in [2.24, 2.45) is 0 Å². The first-order valence-electron chi connectivity index (χ1n) is 7.44. The molecule has 3 rings (SSSR count). The van der Waals surface area contributed by atoms with Gasteiger partial charge in [-0.2, -0.15) is 0 Å². The third kappa shape index (κ3) is 2.61. The summed E-state index contributed by atoms with van der Waals surface area (Å²) in [5.74, 6) is -0.150. The minimum atomic E-state index is -0.473. The van der Waals surface area contributed by atoms with Gasteiger partial charge in [0.15, 0.2) is 0 Å². The first kappa shape index (κ1) is 13.9. The summed E-state index contributed by atoms with van der Waals surface area (Å²) in [5.41, 5.74) is 7.42. The smallest absolute Gasteiger partial charge is 0.253 e. The number of nitrogens with one attached hydrogen (secondary N) is 2.